The summed E-state index contributed by atoms with van der Waals surface area (Å²) in [6, 6.07) is 10.5. The Morgan fingerprint density at radius 3 is 2.36 bits per heavy atom. The molecule has 28 heavy (non-hydrogen) atoms. The summed E-state index contributed by atoms with van der Waals surface area (Å²) in [5, 5.41) is 11.0. The molecule has 2 aromatic carbocycles. The van der Waals surface area contributed by atoms with Crippen LogP contribution in [0.15, 0.2) is 42.6 Å². The Morgan fingerprint density at radius 2 is 1.75 bits per heavy atom. The van der Waals surface area contributed by atoms with Crippen LogP contribution in [0.5, 0.6) is 17.2 Å². The lowest BCUT2D eigenvalue weighted by atomic mass is 9.99. The SMILES string of the molecule is COc1cc2c(CO)cnc(C(=O)c3cccc(OC(C)C)c3)c2cc1OC. The van der Waals surface area contributed by atoms with Crippen LogP contribution in [-0.2, 0) is 6.61 Å². The van der Waals surface area contributed by atoms with E-state index >= 15 is 0 Å². The molecule has 0 unspecified atom stereocenters. The molecule has 0 aliphatic heterocycles. The Morgan fingerprint density at radius 1 is 1.07 bits per heavy atom. The van der Waals surface area contributed by atoms with Gasteiger partial charge in [0, 0.05) is 22.7 Å². The number of pyridine rings is 1. The molecular formula is C22H23NO5. The van der Waals surface area contributed by atoms with Crippen molar-refractivity contribution < 1.29 is 24.1 Å². The maximum Gasteiger partial charge on any atom is 0.212 e. The Balaban J connectivity index is 2.16. The predicted molar refractivity (Wildman–Crippen MR) is 106 cm³/mol. The minimum Gasteiger partial charge on any atom is -0.493 e. The Bertz CT molecular complexity index is 1010. The summed E-state index contributed by atoms with van der Waals surface area (Å²) in [4.78, 5) is 17.5. The molecule has 146 valence electrons. The third-order valence-electron chi connectivity index (χ3n) is 4.33. The molecule has 3 rings (SSSR count). The van der Waals surface area contributed by atoms with E-state index in [0.717, 1.165) is 0 Å². The lowest BCUT2D eigenvalue weighted by Crippen LogP contribution is -2.09. The Kier molecular flexibility index (Phi) is 5.80. The molecule has 1 heterocycles. The van der Waals surface area contributed by atoms with Crippen molar-refractivity contribution in [3.05, 3.63) is 59.4 Å². The van der Waals surface area contributed by atoms with Gasteiger partial charge in [0.25, 0.3) is 0 Å². The summed E-state index contributed by atoms with van der Waals surface area (Å²) in [7, 11) is 3.07. The zero-order valence-electron chi connectivity index (χ0n) is 16.4. The van der Waals surface area contributed by atoms with Gasteiger partial charge in [-0.2, -0.15) is 0 Å². The number of aliphatic hydroxyl groups is 1. The molecule has 0 amide bonds. The fourth-order valence-electron chi connectivity index (χ4n) is 3.05. The number of benzene rings is 2. The van der Waals surface area contributed by atoms with Crippen LogP contribution in [0.4, 0.5) is 0 Å². The number of carbonyl (C=O) groups excluding carboxylic acids is 1. The van der Waals surface area contributed by atoms with E-state index in [1.54, 1.807) is 30.3 Å². The van der Waals surface area contributed by atoms with Gasteiger partial charge in [-0.3, -0.25) is 9.78 Å². The monoisotopic (exact) mass is 381 g/mol. The smallest absolute Gasteiger partial charge is 0.212 e. The Hall–Kier alpha value is -3.12. The number of rotatable bonds is 7. The fraction of sp³-hybridized carbons (Fsp3) is 0.273. The maximum absolute atomic E-state index is 13.2. The van der Waals surface area contributed by atoms with Gasteiger partial charge in [-0.05, 0) is 43.5 Å². The van der Waals surface area contributed by atoms with Crippen molar-refractivity contribution in [3.63, 3.8) is 0 Å². The predicted octanol–water partition coefficient (Wildman–Crippen LogP) is 3.76. The van der Waals surface area contributed by atoms with Gasteiger partial charge in [-0.1, -0.05) is 12.1 Å². The summed E-state index contributed by atoms with van der Waals surface area (Å²) in [6.07, 6.45) is 1.51. The summed E-state index contributed by atoms with van der Waals surface area (Å²) in [6.45, 7) is 3.65. The molecule has 0 saturated carbocycles. The lowest BCUT2D eigenvalue weighted by molar-refractivity contribution is 0.103. The molecule has 0 aliphatic carbocycles. The highest BCUT2D eigenvalue weighted by Gasteiger charge is 2.19. The van der Waals surface area contributed by atoms with Gasteiger partial charge in [-0.25, -0.2) is 0 Å². The van der Waals surface area contributed by atoms with Crippen LogP contribution >= 0.6 is 0 Å². The third-order valence-corrected chi connectivity index (χ3v) is 4.33. The van der Waals surface area contributed by atoms with Crippen molar-refractivity contribution in [2.24, 2.45) is 0 Å². The van der Waals surface area contributed by atoms with Gasteiger partial charge in [0.2, 0.25) is 5.78 Å². The van der Waals surface area contributed by atoms with Crippen LogP contribution < -0.4 is 14.2 Å². The quantitative estimate of drug-likeness (QED) is 0.628. The summed E-state index contributed by atoms with van der Waals surface area (Å²) < 4.78 is 16.4. The van der Waals surface area contributed by atoms with Crippen molar-refractivity contribution in [1.82, 2.24) is 4.98 Å². The van der Waals surface area contributed by atoms with Crippen LogP contribution in [0.25, 0.3) is 10.8 Å². The number of ether oxygens (including phenoxy) is 3. The zero-order valence-corrected chi connectivity index (χ0v) is 16.4. The molecular weight excluding hydrogens is 358 g/mol. The minimum absolute atomic E-state index is 0.00451. The van der Waals surface area contributed by atoms with E-state index in [-0.39, 0.29) is 24.2 Å². The van der Waals surface area contributed by atoms with Crippen LogP contribution in [0, 0.1) is 0 Å². The molecule has 1 aromatic heterocycles. The first-order valence-corrected chi connectivity index (χ1v) is 8.94. The standard InChI is InChI=1S/C22H23NO5/c1-13(2)28-16-7-5-6-14(8-16)22(25)21-18-10-20(27-4)19(26-3)9-17(18)15(12-24)11-23-21/h5-11,13,24H,12H2,1-4H3. The molecule has 6 heteroatoms. The molecule has 0 saturated heterocycles. The van der Waals surface area contributed by atoms with Crippen molar-refractivity contribution in [2.75, 3.05) is 14.2 Å². The Labute approximate surface area is 163 Å². The molecule has 0 fully saturated rings. The average Bonchev–Trinajstić information content (AvgIpc) is 2.71. The van der Waals surface area contributed by atoms with E-state index in [2.05, 4.69) is 4.98 Å². The maximum atomic E-state index is 13.2. The number of aliphatic hydroxyl groups excluding tert-OH is 1. The van der Waals surface area contributed by atoms with Crippen molar-refractivity contribution in [3.8, 4) is 17.2 Å². The van der Waals surface area contributed by atoms with Gasteiger partial charge >= 0.3 is 0 Å². The highest BCUT2D eigenvalue weighted by atomic mass is 16.5. The highest BCUT2D eigenvalue weighted by Crippen LogP contribution is 2.35. The normalized spacial score (nSPS) is 10.9. The van der Waals surface area contributed by atoms with E-state index < -0.39 is 0 Å². The first-order valence-electron chi connectivity index (χ1n) is 8.94. The van der Waals surface area contributed by atoms with E-state index in [1.807, 2.05) is 19.9 Å². The molecule has 0 bridgehead atoms. The van der Waals surface area contributed by atoms with Gasteiger partial charge in [-0.15, -0.1) is 0 Å². The topological polar surface area (TPSA) is 77.9 Å². The molecule has 1 N–H and O–H groups in total. The molecule has 0 aliphatic rings. The van der Waals surface area contributed by atoms with Crippen LogP contribution in [0.3, 0.4) is 0 Å². The van der Waals surface area contributed by atoms with Gasteiger partial charge < -0.3 is 19.3 Å². The number of hydrogen-bond donors (Lipinski definition) is 1. The second-order valence-electron chi connectivity index (χ2n) is 6.57. The summed E-state index contributed by atoms with van der Waals surface area (Å²) >= 11 is 0. The van der Waals surface area contributed by atoms with E-state index in [1.165, 1.54) is 20.4 Å². The van der Waals surface area contributed by atoms with Gasteiger partial charge in [0.05, 0.1) is 26.9 Å². The van der Waals surface area contributed by atoms with Crippen molar-refractivity contribution in [2.45, 2.75) is 26.6 Å². The zero-order chi connectivity index (χ0) is 20.3. The number of nitrogens with zero attached hydrogens (tertiary/aromatic N) is 1. The molecule has 3 aromatic rings. The number of ketones is 1. The average molecular weight is 381 g/mol. The second-order valence-corrected chi connectivity index (χ2v) is 6.57. The lowest BCUT2D eigenvalue weighted by Gasteiger charge is -2.14. The largest absolute Gasteiger partial charge is 0.493 e. The van der Waals surface area contributed by atoms with E-state index in [0.29, 0.717) is 39.1 Å². The van der Waals surface area contributed by atoms with E-state index in [4.69, 9.17) is 14.2 Å². The number of fused-ring (bicyclic) bond motifs is 1. The van der Waals surface area contributed by atoms with Gasteiger partial charge in [0.15, 0.2) is 11.5 Å². The van der Waals surface area contributed by atoms with Crippen LogP contribution in [-0.4, -0.2) is 36.2 Å². The van der Waals surface area contributed by atoms with Gasteiger partial charge in [0.1, 0.15) is 11.4 Å². The summed E-state index contributed by atoms with van der Waals surface area (Å²) in [5.74, 6) is 1.38. The highest BCUT2D eigenvalue weighted by molar-refractivity contribution is 6.15. The third kappa shape index (κ3) is 3.77. The van der Waals surface area contributed by atoms with Crippen molar-refractivity contribution >= 4 is 16.6 Å². The van der Waals surface area contributed by atoms with Crippen molar-refractivity contribution in [1.29, 1.82) is 0 Å². The first-order chi connectivity index (χ1) is 13.5. The van der Waals surface area contributed by atoms with Crippen LogP contribution in [0.2, 0.25) is 0 Å². The second kappa shape index (κ2) is 8.27. The molecule has 6 nitrogen and oxygen atoms in total. The molecule has 0 radical (unpaired) electrons. The summed E-state index contributed by atoms with van der Waals surface area (Å²) in [5.41, 5.74) is 1.35. The minimum atomic E-state index is -0.240. The number of aromatic nitrogens is 1. The van der Waals surface area contributed by atoms with E-state index in [9.17, 15) is 9.90 Å². The first kappa shape index (κ1) is 19.6. The number of methoxy groups -OCH3 is 2. The fourth-order valence-corrected chi connectivity index (χ4v) is 3.05. The number of carbonyl (C=O) groups is 1. The molecule has 0 spiro atoms. The number of hydrogen-bond acceptors (Lipinski definition) is 6. The van der Waals surface area contributed by atoms with Crippen LogP contribution in [0.1, 0.15) is 35.5 Å². The molecule has 0 atom stereocenters.